The monoisotopic (exact) mass is 301 g/mol. The predicted octanol–water partition coefficient (Wildman–Crippen LogP) is 2.87. The first kappa shape index (κ1) is 13.8. The van der Waals surface area contributed by atoms with E-state index in [1.165, 1.54) is 22.9 Å². The number of aryl methyl sites for hydroxylation is 3. The van der Waals surface area contributed by atoms with Gasteiger partial charge in [0.05, 0.1) is 11.4 Å². The molecular weight excluding hydrogens is 286 g/mol. The van der Waals surface area contributed by atoms with Crippen LogP contribution in [0.5, 0.6) is 0 Å². The van der Waals surface area contributed by atoms with Crippen LogP contribution in [0.4, 0.5) is 0 Å². The average molecular weight is 301 g/mol. The van der Waals surface area contributed by atoms with Gasteiger partial charge in [-0.1, -0.05) is 23.0 Å². The molecule has 0 aliphatic carbocycles. The standard InChI is InChI=1S/C14H15N5OS/c1-9-4-5-13(6-10(9)2)19-14(15-17-18-19)21-8-12-7-11(3)20-16-12/h4-7H,8H2,1-3H3. The quantitative estimate of drug-likeness (QED) is 0.690. The first-order valence-electron chi connectivity index (χ1n) is 6.54. The highest BCUT2D eigenvalue weighted by molar-refractivity contribution is 7.98. The molecule has 0 fully saturated rings. The summed E-state index contributed by atoms with van der Waals surface area (Å²) in [6.07, 6.45) is 0. The number of aromatic nitrogens is 5. The summed E-state index contributed by atoms with van der Waals surface area (Å²) in [5.41, 5.74) is 4.30. The third kappa shape index (κ3) is 2.97. The maximum absolute atomic E-state index is 5.06. The zero-order valence-corrected chi connectivity index (χ0v) is 12.9. The molecule has 3 aromatic rings. The lowest BCUT2D eigenvalue weighted by atomic mass is 10.1. The Balaban J connectivity index is 1.81. The Hall–Kier alpha value is -2.15. The Labute approximate surface area is 126 Å². The minimum atomic E-state index is 0.669. The molecule has 7 heteroatoms. The molecule has 0 spiro atoms. The predicted molar refractivity (Wildman–Crippen MR) is 79.4 cm³/mol. The number of rotatable bonds is 4. The normalized spacial score (nSPS) is 11.0. The van der Waals surface area contributed by atoms with Crippen LogP contribution in [-0.2, 0) is 5.75 Å². The lowest BCUT2D eigenvalue weighted by molar-refractivity contribution is 0.393. The van der Waals surface area contributed by atoms with Crippen LogP contribution < -0.4 is 0 Å². The summed E-state index contributed by atoms with van der Waals surface area (Å²) < 4.78 is 6.80. The molecule has 6 nitrogen and oxygen atoms in total. The molecule has 0 bridgehead atoms. The number of nitrogens with zero attached hydrogens (tertiary/aromatic N) is 5. The van der Waals surface area contributed by atoms with Crippen LogP contribution in [0, 0.1) is 20.8 Å². The van der Waals surface area contributed by atoms with E-state index in [9.17, 15) is 0 Å². The van der Waals surface area contributed by atoms with Gasteiger partial charge in [-0.3, -0.25) is 0 Å². The van der Waals surface area contributed by atoms with E-state index in [-0.39, 0.29) is 0 Å². The van der Waals surface area contributed by atoms with E-state index in [4.69, 9.17) is 4.52 Å². The van der Waals surface area contributed by atoms with E-state index in [1.54, 1.807) is 4.68 Å². The number of hydrogen-bond acceptors (Lipinski definition) is 6. The van der Waals surface area contributed by atoms with Crippen LogP contribution in [-0.4, -0.2) is 25.4 Å². The topological polar surface area (TPSA) is 69.6 Å². The van der Waals surface area contributed by atoms with E-state index in [2.05, 4.69) is 46.7 Å². The Morgan fingerprint density at radius 2 is 2.00 bits per heavy atom. The van der Waals surface area contributed by atoms with Gasteiger partial charge in [0, 0.05) is 11.8 Å². The molecule has 3 rings (SSSR count). The van der Waals surface area contributed by atoms with Crippen molar-refractivity contribution < 1.29 is 4.52 Å². The Bertz CT molecular complexity index is 764. The molecule has 0 N–H and O–H groups in total. The number of hydrogen-bond donors (Lipinski definition) is 0. The molecule has 0 atom stereocenters. The second kappa shape index (κ2) is 5.69. The van der Waals surface area contributed by atoms with Crippen LogP contribution in [0.2, 0.25) is 0 Å². The molecule has 21 heavy (non-hydrogen) atoms. The fourth-order valence-electron chi connectivity index (χ4n) is 1.91. The average Bonchev–Trinajstić information content (AvgIpc) is 3.08. The van der Waals surface area contributed by atoms with Crippen LogP contribution >= 0.6 is 11.8 Å². The summed E-state index contributed by atoms with van der Waals surface area (Å²) >= 11 is 1.53. The van der Waals surface area contributed by atoms with E-state index < -0.39 is 0 Å². The molecular formula is C14H15N5OS. The highest BCUT2D eigenvalue weighted by atomic mass is 32.2. The van der Waals surface area contributed by atoms with Gasteiger partial charge in [-0.15, -0.1) is 5.10 Å². The molecule has 1 aromatic carbocycles. The Morgan fingerprint density at radius 3 is 2.71 bits per heavy atom. The zero-order chi connectivity index (χ0) is 14.8. The SMILES string of the molecule is Cc1cc(CSc2nnnn2-c2ccc(C)c(C)c2)no1. The minimum absolute atomic E-state index is 0.669. The van der Waals surface area contributed by atoms with Crippen LogP contribution in [0.3, 0.4) is 0 Å². The van der Waals surface area contributed by atoms with Crippen molar-refractivity contribution in [2.75, 3.05) is 0 Å². The summed E-state index contributed by atoms with van der Waals surface area (Å²) in [5.74, 6) is 1.47. The molecule has 108 valence electrons. The van der Waals surface area contributed by atoms with E-state index in [0.717, 1.165) is 22.3 Å². The number of tetrazole rings is 1. The summed E-state index contributed by atoms with van der Waals surface area (Å²) in [5, 5.41) is 16.6. The maximum atomic E-state index is 5.06. The van der Waals surface area contributed by atoms with Gasteiger partial charge in [-0.2, -0.15) is 4.68 Å². The molecule has 0 amide bonds. The highest BCUT2D eigenvalue weighted by Gasteiger charge is 2.11. The fraction of sp³-hybridized carbons (Fsp3) is 0.286. The van der Waals surface area contributed by atoms with Crippen molar-refractivity contribution in [3.63, 3.8) is 0 Å². The second-order valence-corrected chi connectivity index (χ2v) is 5.80. The minimum Gasteiger partial charge on any atom is -0.361 e. The van der Waals surface area contributed by atoms with E-state index >= 15 is 0 Å². The summed E-state index contributed by atoms with van der Waals surface area (Å²) in [6.45, 7) is 6.04. The molecule has 0 saturated heterocycles. The number of benzene rings is 1. The first-order chi connectivity index (χ1) is 10.1. The van der Waals surface area contributed by atoms with E-state index in [0.29, 0.717) is 5.75 Å². The van der Waals surface area contributed by atoms with Gasteiger partial charge in [0.15, 0.2) is 0 Å². The fourth-order valence-corrected chi connectivity index (χ4v) is 2.68. The van der Waals surface area contributed by atoms with Crippen molar-refractivity contribution in [3.05, 3.63) is 46.8 Å². The van der Waals surface area contributed by atoms with Gasteiger partial charge in [0.1, 0.15) is 5.76 Å². The van der Waals surface area contributed by atoms with Crippen molar-refractivity contribution in [3.8, 4) is 5.69 Å². The largest absolute Gasteiger partial charge is 0.361 e. The summed E-state index contributed by atoms with van der Waals surface area (Å²) in [4.78, 5) is 0. The van der Waals surface area contributed by atoms with Crippen molar-refractivity contribution in [2.24, 2.45) is 0 Å². The second-order valence-electron chi connectivity index (χ2n) is 4.86. The summed E-state index contributed by atoms with van der Waals surface area (Å²) in [6, 6.07) is 8.08. The maximum Gasteiger partial charge on any atom is 0.214 e. The van der Waals surface area contributed by atoms with Crippen LogP contribution in [0.15, 0.2) is 33.9 Å². The molecule has 0 saturated carbocycles. The lowest BCUT2D eigenvalue weighted by Gasteiger charge is -2.06. The van der Waals surface area contributed by atoms with Crippen molar-refractivity contribution in [1.29, 1.82) is 0 Å². The smallest absolute Gasteiger partial charge is 0.214 e. The van der Waals surface area contributed by atoms with E-state index in [1.807, 2.05) is 19.1 Å². The first-order valence-corrected chi connectivity index (χ1v) is 7.53. The van der Waals surface area contributed by atoms with Gasteiger partial charge >= 0.3 is 0 Å². The molecule has 0 aliphatic rings. The van der Waals surface area contributed by atoms with Crippen LogP contribution in [0.25, 0.3) is 5.69 Å². The molecule has 2 heterocycles. The van der Waals surface area contributed by atoms with Gasteiger partial charge < -0.3 is 4.52 Å². The third-order valence-electron chi connectivity index (χ3n) is 3.20. The Morgan fingerprint density at radius 1 is 1.14 bits per heavy atom. The van der Waals surface area contributed by atoms with Crippen molar-refractivity contribution >= 4 is 11.8 Å². The molecule has 0 radical (unpaired) electrons. The van der Waals surface area contributed by atoms with Gasteiger partial charge in [0.2, 0.25) is 5.16 Å². The highest BCUT2D eigenvalue weighted by Crippen LogP contribution is 2.23. The lowest BCUT2D eigenvalue weighted by Crippen LogP contribution is -2.00. The van der Waals surface area contributed by atoms with Gasteiger partial charge in [-0.25, -0.2) is 0 Å². The Kier molecular flexibility index (Phi) is 3.74. The van der Waals surface area contributed by atoms with Crippen LogP contribution in [0.1, 0.15) is 22.6 Å². The zero-order valence-electron chi connectivity index (χ0n) is 12.1. The molecule has 2 aromatic heterocycles. The molecule has 0 aliphatic heterocycles. The van der Waals surface area contributed by atoms with Crippen molar-refractivity contribution in [1.82, 2.24) is 25.4 Å². The number of thioether (sulfide) groups is 1. The van der Waals surface area contributed by atoms with Gasteiger partial charge in [-0.05, 0) is 54.5 Å². The third-order valence-corrected chi connectivity index (χ3v) is 4.15. The molecule has 0 unspecified atom stereocenters. The van der Waals surface area contributed by atoms with Gasteiger partial charge in [0.25, 0.3) is 0 Å². The van der Waals surface area contributed by atoms with Crippen molar-refractivity contribution in [2.45, 2.75) is 31.7 Å². The summed E-state index contributed by atoms with van der Waals surface area (Å²) in [7, 11) is 0.